The molecule has 0 bridgehead atoms. The van der Waals surface area contributed by atoms with Crippen molar-refractivity contribution in [2.45, 2.75) is 33.2 Å². The Hall–Kier alpha value is -2.81. The van der Waals surface area contributed by atoms with Gasteiger partial charge in [-0.1, -0.05) is 61.2 Å². The number of carbonyl (C=O) groups is 1. The van der Waals surface area contributed by atoms with Crippen LogP contribution in [-0.4, -0.2) is 11.2 Å². The van der Waals surface area contributed by atoms with Crippen molar-refractivity contribution >= 4 is 22.9 Å². The molecule has 2 rings (SSSR count). The lowest BCUT2D eigenvalue weighted by molar-refractivity contribution is 0.194. The molecule has 0 aliphatic carbocycles. The molecule has 25 heavy (non-hydrogen) atoms. The van der Waals surface area contributed by atoms with Gasteiger partial charge in [0, 0.05) is 5.56 Å². The highest BCUT2D eigenvalue weighted by Crippen LogP contribution is 2.37. The molecule has 3 nitrogen and oxygen atoms in total. The molecule has 0 unspecified atom stereocenters. The summed E-state index contributed by atoms with van der Waals surface area (Å²) in [5.74, 6) is 0. The molecule has 0 saturated heterocycles. The van der Waals surface area contributed by atoms with Gasteiger partial charge >= 0.3 is 6.09 Å². The molecule has 0 radical (unpaired) electrons. The number of amides is 1. The lowest BCUT2D eigenvalue weighted by atomic mass is 9.89. The number of rotatable bonds is 5. The summed E-state index contributed by atoms with van der Waals surface area (Å²) in [5, 5.41) is 9.95. The zero-order valence-corrected chi connectivity index (χ0v) is 15.3. The van der Waals surface area contributed by atoms with Crippen LogP contribution in [0.4, 0.5) is 10.5 Å². The van der Waals surface area contributed by atoms with Gasteiger partial charge in [0.1, 0.15) is 0 Å². The van der Waals surface area contributed by atoms with Gasteiger partial charge in [-0.3, -0.25) is 4.90 Å². The maximum Gasteiger partial charge on any atom is 0.412 e. The molecule has 0 spiro atoms. The minimum absolute atomic E-state index is 0.636. The molecule has 0 fully saturated rings. The van der Waals surface area contributed by atoms with Crippen LogP contribution in [0.2, 0.25) is 0 Å². The number of nitrogens with zero attached hydrogens (tertiary/aromatic N) is 1. The smallest absolute Gasteiger partial charge is 0.412 e. The normalized spacial score (nSPS) is 11.0. The zero-order chi connectivity index (χ0) is 18.8. The van der Waals surface area contributed by atoms with E-state index < -0.39 is 11.6 Å². The lowest BCUT2D eigenvalue weighted by Gasteiger charge is -2.38. The van der Waals surface area contributed by atoms with E-state index in [1.54, 1.807) is 0 Å². The summed E-state index contributed by atoms with van der Waals surface area (Å²) in [6.07, 6.45) is -0.998. The van der Waals surface area contributed by atoms with Crippen LogP contribution in [-0.2, 0) is 5.54 Å². The van der Waals surface area contributed by atoms with Crippen molar-refractivity contribution in [3.63, 3.8) is 0 Å². The van der Waals surface area contributed by atoms with Crippen molar-refractivity contribution in [3.8, 4) is 0 Å². The van der Waals surface area contributed by atoms with Crippen LogP contribution in [0, 0.1) is 0 Å². The fourth-order valence-corrected chi connectivity index (χ4v) is 2.96. The predicted molar refractivity (Wildman–Crippen MR) is 106 cm³/mol. The standard InChI is InChI=1S/C22H25NO2/c1-15(2)17-11-13-18(14-12-17)22(5,6)23(21(24)25)20-10-8-7-9-19(20)16(3)4/h7-14H,1,3H2,2,4-6H3,(H,24,25). The molecule has 2 aromatic rings. The highest BCUT2D eigenvalue weighted by Gasteiger charge is 2.35. The monoisotopic (exact) mass is 335 g/mol. The third kappa shape index (κ3) is 3.66. The van der Waals surface area contributed by atoms with Crippen molar-refractivity contribution in [2.75, 3.05) is 4.90 Å². The van der Waals surface area contributed by atoms with Gasteiger partial charge in [-0.2, -0.15) is 0 Å². The zero-order valence-electron chi connectivity index (χ0n) is 15.3. The maximum absolute atomic E-state index is 12.2. The number of carboxylic acid groups (broad SMARTS) is 1. The second-order valence-corrected chi connectivity index (χ2v) is 6.83. The molecule has 0 aliphatic rings. The first-order valence-electron chi connectivity index (χ1n) is 8.20. The second-order valence-electron chi connectivity index (χ2n) is 6.83. The number of anilines is 1. The molecule has 1 N–H and O–H groups in total. The summed E-state index contributed by atoms with van der Waals surface area (Å²) in [6, 6.07) is 15.3. The van der Waals surface area contributed by atoms with Crippen molar-refractivity contribution in [1.82, 2.24) is 0 Å². The first-order chi connectivity index (χ1) is 11.7. The van der Waals surface area contributed by atoms with Gasteiger partial charge in [0.2, 0.25) is 0 Å². The van der Waals surface area contributed by atoms with Crippen LogP contribution in [0.15, 0.2) is 61.7 Å². The van der Waals surface area contributed by atoms with Crippen LogP contribution in [0.5, 0.6) is 0 Å². The van der Waals surface area contributed by atoms with E-state index in [-0.39, 0.29) is 0 Å². The maximum atomic E-state index is 12.2. The van der Waals surface area contributed by atoms with Crippen molar-refractivity contribution < 1.29 is 9.90 Å². The number of hydrogen-bond donors (Lipinski definition) is 1. The Kier molecular flexibility index (Phi) is 5.17. The molecule has 3 heteroatoms. The molecular weight excluding hydrogens is 310 g/mol. The largest absolute Gasteiger partial charge is 0.465 e. The predicted octanol–water partition coefficient (Wildman–Crippen LogP) is 6.17. The first kappa shape index (κ1) is 18.5. The average Bonchev–Trinajstić information content (AvgIpc) is 2.54. The Morgan fingerprint density at radius 1 is 0.960 bits per heavy atom. The SMILES string of the molecule is C=C(C)c1ccc(C(C)(C)N(C(=O)O)c2ccccc2C(=C)C)cc1. The number of allylic oxidation sites excluding steroid dienone is 2. The van der Waals surface area contributed by atoms with Gasteiger partial charge in [-0.05, 0) is 50.5 Å². The Bertz CT molecular complexity index is 816. The van der Waals surface area contributed by atoms with Crippen LogP contribution < -0.4 is 4.90 Å². The van der Waals surface area contributed by atoms with Crippen LogP contribution in [0.25, 0.3) is 11.1 Å². The lowest BCUT2D eigenvalue weighted by Crippen LogP contribution is -2.45. The average molecular weight is 335 g/mol. The molecule has 1 amide bonds. The Morgan fingerprint density at radius 3 is 2.00 bits per heavy atom. The molecule has 0 aromatic heterocycles. The molecule has 130 valence electrons. The Morgan fingerprint density at radius 2 is 1.52 bits per heavy atom. The van der Waals surface area contributed by atoms with E-state index in [2.05, 4.69) is 13.2 Å². The van der Waals surface area contributed by atoms with Gasteiger partial charge in [0.05, 0.1) is 11.2 Å². The third-order valence-corrected chi connectivity index (χ3v) is 4.44. The summed E-state index contributed by atoms with van der Waals surface area (Å²) in [5.41, 5.74) is 4.49. The summed E-state index contributed by atoms with van der Waals surface area (Å²) < 4.78 is 0. The first-order valence-corrected chi connectivity index (χ1v) is 8.20. The summed E-state index contributed by atoms with van der Waals surface area (Å²) in [4.78, 5) is 13.6. The fraction of sp³-hybridized carbons (Fsp3) is 0.227. The topological polar surface area (TPSA) is 40.5 Å². The quantitative estimate of drug-likeness (QED) is 0.709. The van der Waals surface area contributed by atoms with E-state index in [0.717, 1.165) is 27.8 Å². The molecule has 0 atom stereocenters. The summed E-state index contributed by atoms with van der Waals surface area (Å²) >= 11 is 0. The van der Waals surface area contributed by atoms with Gasteiger partial charge in [-0.15, -0.1) is 0 Å². The fourth-order valence-electron chi connectivity index (χ4n) is 2.96. The minimum Gasteiger partial charge on any atom is -0.465 e. The molecule has 0 saturated carbocycles. The number of para-hydroxylation sites is 1. The van der Waals surface area contributed by atoms with Gasteiger partial charge < -0.3 is 5.11 Å². The van der Waals surface area contributed by atoms with Crippen LogP contribution >= 0.6 is 0 Å². The second kappa shape index (κ2) is 6.98. The summed E-state index contributed by atoms with van der Waals surface area (Å²) in [7, 11) is 0. The minimum atomic E-state index is -0.998. The van der Waals surface area contributed by atoms with E-state index in [0.29, 0.717) is 5.69 Å². The molecule has 0 aliphatic heterocycles. The molecule has 2 aromatic carbocycles. The van der Waals surface area contributed by atoms with Gasteiger partial charge in [0.25, 0.3) is 0 Å². The van der Waals surface area contributed by atoms with Crippen LogP contribution in [0.3, 0.4) is 0 Å². The Labute approximate surface area is 149 Å². The number of benzene rings is 2. The van der Waals surface area contributed by atoms with Crippen molar-refractivity contribution in [2.24, 2.45) is 0 Å². The highest BCUT2D eigenvalue weighted by atomic mass is 16.4. The summed E-state index contributed by atoms with van der Waals surface area (Å²) in [6.45, 7) is 15.6. The van der Waals surface area contributed by atoms with E-state index in [4.69, 9.17) is 0 Å². The van der Waals surface area contributed by atoms with Gasteiger partial charge in [-0.25, -0.2) is 4.79 Å². The van der Waals surface area contributed by atoms with Crippen molar-refractivity contribution in [1.29, 1.82) is 0 Å². The molecule has 0 heterocycles. The third-order valence-electron chi connectivity index (χ3n) is 4.44. The molecular formula is C22H25NO2. The van der Waals surface area contributed by atoms with Crippen molar-refractivity contribution in [3.05, 3.63) is 78.4 Å². The van der Waals surface area contributed by atoms with E-state index >= 15 is 0 Å². The number of hydrogen-bond acceptors (Lipinski definition) is 1. The Balaban J connectivity index is 2.58. The van der Waals surface area contributed by atoms with E-state index in [1.807, 2.05) is 76.2 Å². The van der Waals surface area contributed by atoms with E-state index in [1.165, 1.54) is 4.90 Å². The highest BCUT2D eigenvalue weighted by molar-refractivity contribution is 5.92. The van der Waals surface area contributed by atoms with Gasteiger partial charge in [0.15, 0.2) is 0 Å². The van der Waals surface area contributed by atoms with E-state index in [9.17, 15) is 9.90 Å². The van der Waals surface area contributed by atoms with Crippen LogP contribution in [0.1, 0.15) is 44.4 Å².